The van der Waals surface area contributed by atoms with E-state index in [4.69, 9.17) is 0 Å². The molecule has 112 valence electrons. The van der Waals surface area contributed by atoms with Gasteiger partial charge in [0.25, 0.3) is 0 Å². The van der Waals surface area contributed by atoms with Crippen LogP contribution in [-0.2, 0) is 0 Å². The Bertz CT molecular complexity index is 276. The number of allylic oxidation sites excluding steroid dienone is 1. The van der Waals surface area contributed by atoms with E-state index in [0.29, 0.717) is 5.41 Å². The molecule has 0 heteroatoms. The molecule has 0 radical (unpaired) electrons. The highest BCUT2D eigenvalue weighted by Gasteiger charge is 2.56. The van der Waals surface area contributed by atoms with E-state index in [2.05, 4.69) is 41.2 Å². The van der Waals surface area contributed by atoms with Crippen molar-refractivity contribution in [2.75, 3.05) is 0 Å². The minimum absolute atomic E-state index is 0.653. The van der Waals surface area contributed by atoms with E-state index in [0.717, 1.165) is 17.8 Å². The van der Waals surface area contributed by atoms with Crippen LogP contribution in [0.2, 0.25) is 0 Å². The third kappa shape index (κ3) is 4.36. The van der Waals surface area contributed by atoms with E-state index in [1.807, 2.05) is 0 Å². The van der Waals surface area contributed by atoms with Gasteiger partial charge in [-0.3, -0.25) is 0 Å². The largest absolute Gasteiger partial charge is 0.0999 e. The van der Waals surface area contributed by atoms with Gasteiger partial charge in [-0.25, -0.2) is 0 Å². The molecule has 1 saturated carbocycles. The lowest BCUT2D eigenvalue weighted by Gasteiger charge is -2.26. The summed E-state index contributed by atoms with van der Waals surface area (Å²) in [5, 5.41) is 0. The van der Waals surface area contributed by atoms with Crippen LogP contribution in [0.4, 0.5) is 0 Å². The van der Waals surface area contributed by atoms with E-state index in [9.17, 15) is 0 Å². The third-order valence-corrected chi connectivity index (χ3v) is 5.60. The summed E-state index contributed by atoms with van der Waals surface area (Å²) in [7, 11) is 0. The molecule has 0 bridgehead atoms. The van der Waals surface area contributed by atoms with Crippen molar-refractivity contribution in [2.24, 2.45) is 23.2 Å². The smallest absolute Gasteiger partial charge is 0.0237 e. The molecule has 0 amide bonds. The lowest BCUT2D eigenvalue weighted by molar-refractivity contribution is 0.262. The zero-order valence-electron chi connectivity index (χ0n) is 14.1. The maximum atomic E-state index is 4.34. The van der Waals surface area contributed by atoms with Crippen LogP contribution in [-0.4, -0.2) is 0 Å². The lowest BCUT2D eigenvalue weighted by Crippen LogP contribution is -2.17. The van der Waals surface area contributed by atoms with Gasteiger partial charge in [0, 0.05) is 0 Å². The molecule has 0 saturated heterocycles. The van der Waals surface area contributed by atoms with Gasteiger partial charge in [-0.05, 0) is 55.3 Å². The first-order valence-corrected chi connectivity index (χ1v) is 8.64. The van der Waals surface area contributed by atoms with Gasteiger partial charge < -0.3 is 0 Å². The molecule has 3 unspecified atom stereocenters. The minimum Gasteiger partial charge on any atom is -0.0999 e. The van der Waals surface area contributed by atoms with Crippen molar-refractivity contribution in [1.82, 2.24) is 0 Å². The van der Waals surface area contributed by atoms with Crippen molar-refractivity contribution in [3.63, 3.8) is 0 Å². The molecule has 0 aromatic rings. The first-order chi connectivity index (χ1) is 8.97. The molecule has 1 rings (SSSR count). The maximum absolute atomic E-state index is 4.34. The first kappa shape index (κ1) is 16.8. The van der Waals surface area contributed by atoms with Gasteiger partial charge in [-0.1, -0.05) is 66.0 Å². The van der Waals surface area contributed by atoms with Crippen LogP contribution in [0.1, 0.15) is 86.0 Å². The highest BCUT2D eigenvalue weighted by Crippen LogP contribution is 2.64. The quantitative estimate of drug-likeness (QED) is 0.307. The van der Waals surface area contributed by atoms with Crippen molar-refractivity contribution >= 4 is 0 Å². The fraction of sp³-hybridized carbons (Fsp3) is 0.895. The van der Waals surface area contributed by atoms with Crippen LogP contribution in [0.25, 0.3) is 0 Å². The summed E-state index contributed by atoms with van der Waals surface area (Å²) in [4.78, 5) is 0. The van der Waals surface area contributed by atoms with Crippen LogP contribution >= 0.6 is 0 Å². The Morgan fingerprint density at radius 1 is 1.16 bits per heavy atom. The number of hydrogen-bond acceptors (Lipinski definition) is 0. The van der Waals surface area contributed by atoms with E-state index in [-0.39, 0.29) is 0 Å². The van der Waals surface area contributed by atoms with Crippen LogP contribution in [0.15, 0.2) is 12.2 Å². The average molecular weight is 264 g/mol. The van der Waals surface area contributed by atoms with Crippen LogP contribution in [0, 0.1) is 23.2 Å². The molecule has 1 fully saturated rings. The minimum atomic E-state index is 0.653. The fourth-order valence-corrected chi connectivity index (χ4v) is 4.11. The number of rotatable bonds is 10. The summed E-state index contributed by atoms with van der Waals surface area (Å²) in [6, 6.07) is 0. The SMILES string of the molecule is C=C(CCCCCC)CC(C)C1(CC)CC1C(C)C. The molecule has 0 aliphatic heterocycles. The summed E-state index contributed by atoms with van der Waals surface area (Å²) in [5.74, 6) is 2.67. The molecule has 1 aliphatic carbocycles. The summed E-state index contributed by atoms with van der Waals surface area (Å²) >= 11 is 0. The van der Waals surface area contributed by atoms with E-state index in [1.165, 1.54) is 56.9 Å². The van der Waals surface area contributed by atoms with Crippen molar-refractivity contribution in [3.05, 3.63) is 12.2 Å². The molecular formula is C19H36. The molecule has 1 aliphatic rings. The highest BCUT2D eigenvalue weighted by atomic mass is 14.6. The summed E-state index contributed by atoms with van der Waals surface area (Å²) in [6.45, 7) is 16.3. The lowest BCUT2D eigenvalue weighted by atomic mass is 9.79. The Morgan fingerprint density at radius 2 is 1.84 bits per heavy atom. The second-order valence-electron chi connectivity index (χ2n) is 7.31. The van der Waals surface area contributed by atoms with Gasteiger partial charge >= 0.3 is 0 Å². The molecule has 0 heterocycles. The molecule has 0 aromatic heterocycles. The maximum Gasteiger partial charge on any atom is -0.0237 e. The van der Waals surface area contributed by atoms with Crippen LogP contribution in [0.5, 0.6) is 0 Å². The monoisotopic (exact) mass is 264 g/mol. The van der Waals surface area contributed by atoms with Crippen molar-refractivity contribution in [1.29, 1.82) is 0 Å². The Labute approximate surface area is 122 Å². The highest BCUT2D eigenvalue weighted by molar-refractivity contribution is 5.09. The summed E-state index contributed by atoms with van der Waals surface area (Å²) in [5.41, 5.74) is 2.16. The Hall–Kier alpha value is -0.260. The fourth-order valence-electron chi connectivity index (χ4n) is 4.11. The second kappa shape index (κ2) is 7.50. The average Bonchev–Trinajstić information content (AvgIpc) is 3.11. The predicted octanol–water partition coefficient (Wildman–Crippen LogP) is 6.61. The topological polar surface area (TPSA) is 0 Å². The van der Waals surface area contributed by atoms with Crippen LogP contribution < -0.4 is 0 Å². The van der Waals surface area contributed by atoms with Gasteiger partial charge in [0.15, 0.2) is 0 Å². The molecule has 3 atom stereocenters. The van der Waals surface area contributed by atoms with Crippen molar-refractivity contribution in [3.8, 4) is 0 Å². The van der Waals surface area contributed by atoms with Gasteiger partial charge in [0.1, 0.15) is 0 Å². The standard InChI is InChI=1S/C19H36/c1-7-9-10-11-12-16(5)13-17(6)19(8-2)14-18(19)15(3)4/h15,17-18H,5,7-14H2,1-4,6H3. The van der Waals surface area contributed by atoms with Gasteiger partial charge in [-0.2, -0.15) is 0 Å². The molecule has 0 aromatic carbocycles. The van der Waals surface area contributed by atoms with E-state index < -0.39 is 0 Å². The normalized spacial score (nSPS) is 27.6. The third-order valence-electron chi connectivity index (χ3n) is 5.60. The summed E-state index contributed by atoms with van der Waals surface area (Å²) in [6.07, 6.45) is 10.8. The zero-order valence-corrected chi connectivity index (χ0v) is 14.1. The van der Waals surface area contributed by atoms with E-state index >= 15 is 0 Å². The molecule has 0 N–H and O–H groups in total. The van der Waals surface area contributed by atoms with Crippen LogP contribution in [0.3, 0.4) is 0 Å². The molecule has 0 nitrogen and oxygen atoms in total. The Kier molecular flexibility index (Phi) is 6.63. The van der Waals surface area contributed by atoms with Gasteiger partial charge in [0.05, 0.1) is 0 Å². The molecule has 19 heavy (non-hydrogen) atoms. The zero-order chi connectivity index (χ0) is 14.5. The summed E-state index contributed by atoms with van der Waals surface area (Å²) < 4.78 is 0. The number of unbranched alkanes of at least 4 members (excludes halogenated alkanes) is 3. The second-order valence-corrected chi connectivity index (χ2v) is 7.31. The van der Waals surface area contributed by atoms with Crippen molar-refractivity contribution in [2.45, 2.75) is 86.0 Å². The van der Waals surface area contributed by atoms with Gasteiger partial charge in [-0.15, -0.1) is 0 Å². The molecular weight excluding hydrogens is 228 g/mol. The van der Waals surface area contributed by atoms with Gasteiger partial charge in [0.2, 0.25) is 0 Å². The Balaban J connectivity index is 2.34. The predicted molar refractivity (Wildman–Crippen MR) is 87.3 cm³/mol. The first-order valence-electron chi connectivity index (χ1n) is 8.64. The molecule has 0 spiro atoms. The number of hydrogen-bond donors (Lipinski definition) is 0. The Morgan fingerprint density at radius 3 is 2.32 bits per heavy atom. The van der Waals surface area contributed by atoms with Crippen molar-refractivity contribution < 1.29 is 0 Å². The van der Waals surface area contributed by atoms with E-state index in [1.54, 1.807) is 0 Å².